The van der Waals surface area contributed by atoms with Crippen LogP contribution in [-0.2, 0) is 4.74 Å². The van der Waals surface area contributed by atoms with Crippen molar-refractivity contribution in [2.24, 2.45) is 5.73 Å². The maximum absolute atomic E-state index is 9.56. The van der Waals surface area contributed by atoms with Gasteiger partial charge in [-0.3, -0.25) is 0 Å². The van der Waals surface area contributed by atoms with Crippen LogP contribution in [0.25, 0.3) is 0 Å². The molecule has 1 rings (SSSR count). The van der Waals surface area contributed by atoms with Crippen LogP contribution in [-0.4, -0.2) is 67.0 Å². The Bertz CT molecular complexity index is 188. The summed E-state index contributed by atoms with van der Waals surface area (Å²) in [4.78, 5) is 0. The minimum atomic E-state index is -1.59. The Morgan fingerprint density at radius 3 is 2.38 bits per heavy atom. The highest BCUT2D eigenvalue weighted by atomic mass is 28.1. The molecule has 1 aliphatic rings. The van der Waals surface area contributed by atoms with Gasteiger partial charge in [0.15, 0.2) is 5.41 Å². The number of hydrogen-bond acceptors (Lipinski definition) is 6. The van der Waals surface area contributed by atoms with Crippen LogP contribution in [0.4, 0.5) is 0 Å². The Kier molecular flexibility index (Phi) is 3.07. The molecule has 5 atom stereocenters. The second-order valence-corrected chi connectivity index (χ2v) is 4.83. The van der Waals surface area contributed by atoms with Gasteiger partial charge in [0, 0.05) is 0 Å². The van der Waals surface area contributed by atoms with Gasteiger partial charge in [-0.25, -0.2) is 0 Å². The lowest BCUT2D eigenvalue weighted by atomic mass is 9.97. The Morgan fingerprint density at radius 2 is 1.92 bits per heavy atom. The van der Waals surface area contributed by atoms with Crippen LogP contribution < -0.4 is 5.73 Å². The van der Waals surface area contributed by atoms with E-state index in [1.807, 2.05) is 0 Å². The predicted molar refractivity (Wildman–Crippen MR) is 46.8 cm³/mol. The maximum atomic E-state index is 9.56. The van der Waals surface area contributed by atoms with Crippen molar-refractivity contribution in [1.82, 2.24) is 0 Å². The summed E-state index contributed by atoms with van der Waals surface area (Å²) in [5.41, 5.74) is 3.84. The van der Waals surface area contributed by atoms with Gasteiger partial charge in [0.2, 0.25) is 0 Å². The number of ether oxygens (including phenoxy) is 1. The summed E-state index contributed by atoms with van der Waals surface area (Å²) in [6, 6.07) is -1.03. The Hall–Kier alpha value is -0.0231. The summed E-state index contributed by atoms with van der Waals surface area (Å²) < 4.78 is 4.95. The molecule has 0 amide bonds. The van der Waals surface area contributed by atoms with Crippen molar-refractivity contribution in [3.8, 4) is 0 Å². The Morgan fingerprint density at radius 1 is 1.38 bits per heavy atom. The Labute approximate surface area is 78.4 Å². The average molecular weight is 209 g/mol. The van der Waals surface area contributed by atoms with Gasteiger partial charge in [-0.2, -0.15) is 0 Å². The lowest BCUT2D eigenvalue weighted by Gasteiger charge is -2.44. The van der Waals surface area contributed by atoms with Crippen molar-refractivity contribution in [3.63, 3.8) is 0 Å². The van der Waals surface area contributed by atoms with Crippen molar-refractivity contribution in [3.05, 3.63) is 0 Å². The predicted octanol–water partition coefficient (Wildman–Crippen LogP) is -4.56. The van der Waals surface area contributed by atoms with Crippen LogP contribution in [0.1, 0.15) is 0 Å². The van der Waals surface area contributed by atoms with E-state index in [1.165, 1.54) is 0 Å². The van der Waals surface area contributed by atoms with Gasteiger partial charge in [-0.05, 0) is 0 Å². The third-order valence-electron chi connectivity index (χ3n) is 2.29. The van der Waals surface area contributed by atoms with Gasteiger partial charge >= 0.3 is 0 Å². The molecule has 1 fully saturated rings. The van der Waals surface area contributed by atoms with Crippen LogP contribution in [0.5, 0.6) is 0 Å². The first-order valence-electron chi connectivity index (χ1n) is 4.03. The molecule has 1 aliphatic heterocycles. The number of aliphatic hydroxyl groups excluding tert-OH is 3. The van der Waals surface area contributed by atoms with E-state index in [-0.39, 0.29) is 10.2 Å². The van der Waals surface area contributed by atoms with Gasteiger partial charge in [0.1, 0.15) is 18.3 Å². The number of aliphatic hydroxyl groups is 4. The highest BCUT2D eigenvalue weighted by molar-refractivity contribution is 6.13. The molecule has 1 heterocycles. The van der Waals surface area contributed by atoms with Crippen LogP contribution in [0.3, 0.4) is 0 Å². The van der Waals surface area contributed by atoms with E-state index in [9.17, 15) is 15.3 Å². The first-order chi connectivity index (χ1) is 5.90. The van der Waals surface area contributed by atoms with E-state index in [2.05, 4.69) is 0 Å². The summed E-state index contributed by atoms with van der Waals surface area (Å²) in [7, 11) is 0.192. The van der Waals surface area contributed by atoms with E-state index in [1.54, 1.807) is 0 Å². The van der Waals surface area contributed by atoms with E-state index in [4.69, 9.17) is 15.6 Å². The SMILES string of the molecule is N[C@@H]1[C@@H](O)[C@H](O)[C@@H](CO)OC1(O)[SiH3]. The largest absolute Gasteiger partial charge is 0.394 e. The number of nitrogens with two attached hydrogens (primary N) is 1. The molecule has 0 bridgehead atoms. The lowest BCUT2D eigenvalue weighted by molar-refractivity contribution is -0.273. The summed E-state index contributed by atoms with van der Waals surface area (Å²) in [5, 5.41) is 37.0. The summed E-state index contributed by atoms with van der Waals surface area (Å²) in [6.07, 6.45) is -3.50. The summed E-state index contributed by atoms with van der Waals surface area (Å²) >= 11 is 0. The first-order valence-corrected chi connectivity index (χ1v) is 5.03. The fourth-order valence-corrected chi connectivity index (χ4v) is 1.99. The molecule has 1 unspecified atom stereocenters. The zero-order chi connectivity index (χ0) is 10.2. The highest BCUT2D eigenvalue weighted by Gasteiger charge is 2.48. The third kappa shape index (κ3) is 1.91. The molecule has 0 aromatic carbocycles. The molecular weight excluding hydrogens is 194 g/mol. The van der Waals surface area contributed by atoms with E-state index in [0.29, 0.717) is 0 Å². The minimum Gasteiger partial charge on any atom is -0.394 e. The second kappa shape index (κ2) is 3.62. The van der Waals surface area contributed by atoms with E-state index < -0.39 is 36.4 Å². The maximum Gasteiger partial charge on any atom is 0.156 e. The topological polar surface area (TPSA) is 116 Å². The zero-order valence-electron chi connectivity index (χ0n) is 7.29. The Balaban J connectivity index is 2.79. The van der Waals surface area contributed by atoms with Crippen LogP contribution >= 0.6 is 0 Å². The highest BCUT2D eigenvalue weighted by Crippen LogP contribution is 2.23. The molecule has 0 saturated carbocycles. The zero-order valence-corrected chi connectivity index (χ0v) is 9.29. The fourth-order valence-electron chi connectivity index (χ4n) is 1.35. The van der Waals surface area contributed by atoms with Crippen LogP contribution in [0.2, 0.25) is 0 Å². The quantitative estimate of drug-likeness (QED) is 0.278. The summed E-state index contributed by atoms with van der Waals surface area (Å²) in [6.45, 7) is -0.463. The molecule has 7 heteroatoms. The molecule has 0 spiro atoms. The number of rotatable bonds is 1. The van der Waals surface area contributed by atoms with Gasteiger partial charge in [0.25, 0.3) is 0 Å². The molecule has 0 radical (unpaired) electrons. The van der Waals surface area contributed by atoms with Crippen molar-refractivity contribution in [2.75, 3.05) is 6.61 Å². The smallest absolute Gasteiger partial charge is 0.156 e. The molecule has 6 N–H and O–H groups in total. The van der Waals surface area contributed by atoms with Gasteiger partial charge in [-0.15, -0.1) is 0 Å². The average Bonchev–Trinajstić information content (AvgIpc) is 2.08. The molecular formula is C6H15NO5Si. The van der Waals surface area contributed by atoms with Crippen molar-refractivity contribution in [1.29, 1.82) is 0 Å². The molecule has 0 aromatic rings. The van der Waals surface area contributed by atoms with Crippen molar-refractivity contribution in [2.45, 2.75) is 29.8 Å². The third-order valence-corrected chi connectivity index (χ3v) is 3.19. The number of hydrogen-bond donors (Lipinski definition) is 5. The first kappa shape index (κ1) is 11.1. The molecule has 0 aliphatic carbocycles. The molecule has 78 valence electrons. The van der Waals surface area contributed by atoms with Gasteiger partial charge in [-0.1, -0.05) is 0 Å². The fraction of sp³-hybridized carbons (Fsp3) is 1.00. The monoisotopic (exact) mass is 209 g/mol. The minimum absolute atomic E-state index is 0.192. The molecule has 1 saturated heterocycles. The van der Waals surface area contributed by atoms with E-state index >= 15 is 0 Å². The second-order valence-electron chi connectivity index (χ2n) is 3.40. The van der Waals surface area contributed by atoms with Crippen molar-refractivity contribution >= 4 is 10.2 Å². The lowest BCUT2D eigenvalue weighted by Crippen LogP contribution is -2.68. The normalized spacial score (nSPS) is 52.4. The summed E-state index contributed by atoms with van der Waals surface area (Å²) in [5.74, 6) is 0. The van der Waals surface area contributed by atoms with Crippen LogP contribution in [0, 0.1) is 0 Å². The van der Waals surface area contributed by atoms with E-state index in [0.717, 1.165) is 0 Å². The van der Waals surface area contributed by atoms with Crippen molar-refractivity contribution < 1.29 is 25.2 Å². The molecule has 6 nitrogen and oxygen atoms in total. The van der Waals surface area contributed by atoms with Crippen LogP contribution in [0.15, 0.2) is 0 Å². The standard InChI is InChI=1S/C6H15NO5Si/c7-5-4(10)3(9)2(1-8)12-6(5,11)13/h2-5,8-11H,1,7H2,13H3/t2-,3-,4+,5-,6?/m1/s1. The molecule has 0 aromatic heterocycles. The van der Waals surface area contributed by atoms with Gasteiger partial charge < -0.3 is 30.9 Å². The molecule has 13 heavy (non-hydrogen) atoms. The van der Waals surface area contributed by atoms with Gasteiger partial charge in [0.05, 0.1) is 22.9 Å².